The van der Waals surface area contributed by atoms with E-state index in [9.17, 15) is 4.79 Å². The van der Waals surface area contributed by atoms with E-state index in [1.165, 1.54) is 4.88 Å². The maximum atomic E-state index is 10.7. The Morgan fingerprint density at radius 1 is 1.73 bits per heavy atom. The van der Waals surface area contributed by atoms with Gasteiger partial charge in [-0.1, -0.05) is 6.92 Å². The van der Waals surface area contributed by atoms with Crippen molar-refractivity contribution in [1.29, 1.82) is 0 Å². The highest BCUT2D eigenvalue weighted by Crippen LogP contribution is 2.45. The molecule has 2 nitrogen and oxygen atoms in total. The van der Waals surface area contributed by atoms with Gasteiger partial charge in [0.05, 0.1) is 9.70 Å². The average molecular weight is 289 g/mol. The first-order chi connectivity index (χ1) is 7.08. The molecule has 1 heterocycles. The summed E-state index contributed by atoms with van der Waals surface area (Å²) in [7, 11) is 0. The molecular formula is C11H13BrO2S. The summed E-state index contributed by atoms with van der Waals surface area (Å²) in [5, 5.41) is 8.84. The molecule has 1 saturated carbocycles. The number of aliphatic carboxylic acids is 1. The Kier molecular flexibility index (Phi) is 3.16. The molecule has 15 heavy (non-hydrogen) atoms. The van der Waals surface area contributed by atoms with Crippen LogP contribution in [0.1, 0.15) is 18.2 Å². The Hall–Kier alpha value is -0.350. The summed E-state index contributed by atoms with van der Waals surface area (Å²) in [4.78, 5) is 12.1. The average Bonchev–Trinajstić information content (AvgIpc) is 2.86. The molecular weight excluding hydrogens is 276 g/mol. The largest absolute Gasteiger partial charge is 0.481 e. The van der Waals surface area contributed by atoms with Gasteiger partial charge < -0.3 is 5.11 Å². The zero-order valence-corrected chi connectivity index (χ0v) is 10.8. The van der Waals surface area contributed by atoms with Crippen LogP contribution in [-0.2, 0) is 11.2 Å². The van der Waals surface area contributed by atoms with Gasteiger partial charge in [-0.15, -0.1) is 11.3 Å². The lowest BCUT2D eigenvalue weighted by Gasteiger charge is -2.07. The number of hydrogen-bond donors (Lipinski definition) is 1. The van der Waals surface area contributed by atoms with Crippen LogP contribution in [0.4, 0.5) is 0 Å². The lowest BCUT2D eigenvalue weighted by Crippen LogP contribution is -2.07. The molecule has 1 aromatic heterocycles. The number of rotatable bonds is 4. The van der Waals surface area contributed by atoms with E-state index in [4.69, 9.17) is 5.11 Å². The fourth-order valence-electron chi connectivity index (χ4n) is 2.06. The summed E-state index contributed by atoms with van der Waals surface area (Å²) in [6, 6.07) is 4.16. The molecule has 1 N–H and O–H groups in total. The molecule has 0 spiro atoms. The third kappa shape index (κ3) is 2.61. The summed E-state index contributed by atoms with van der Waals surface area (Å²) in [6.45, 7) is 2.15. The number of thiophene rings is 1. The minimum Gasteiger partial charge on any atom is -0.481 e. The van der Waals surface area contributed by atoms with Crippen molar-refractivity contribution in [2.75, 3.05) is 0 Å². The van der Waals surface area contributed by atoms with Crippen LogP contribution < -0.4 is 0 Å². The highest BCUT2D eigenvalue weighted by Gasteiger charge is 2.46. The molecule has 3 atom stereocenters. The second kappa shape index (κ2) is 4.26. The van der Waals surface area contributed by atoms with E-state index in [1.807, 2.05) is 6.07 Å². The smallest absolute Gasteiger partial charge is 0.306 e. The van der Waals surface area contributed by atoms with Gasteiger partial charge in [-0.05, 0) is 52.7 Å². The summed E-state index contributed by atoms with van der Waals surface area (Å²) >= 11 is 5.17. The third-order valence-electron chi connectivity index (χ3n) is 3.04. The highest BCUT2D eigenvalue weighted by molar-refractivity contribution is 9.11. The van der Waals surface area contributed by atoms with E-state index in [0.717, 1.165) is 16.6 Å². The maximum absolute atomic E-state index is 10.7. The number of hydrogen-bond acceptors (Lipinski definition) is 2. The van der Waals surface area contributed by atoms with Crippen LogP contribution in [0.3, 0.4) is 0 Å². The number of carboxylic acid groups (broad SMARTS) is 1. The number of carbonyl (C=O) groups is 1. The SMILES string of the molecule is CC(Cc1ccc(Br)s1)C1CC1C(=O)O. The van der Waals surface area contributed by atoms with Gasteiger partial charge in [0.1, 0.15) is 0 Å². The van der Waals surface area contributed by atoms with Crippen molar-refractivity contribution in [3.63, 3.8) is 0 Å². The molecule has 1 aliphatic rings. The van der Waals surface area contributed by atoms with Gasteiger partial charge in [0.15, 0.2) is 0 Å². The predicted molar refractivity (Wildman–Crippen MR) is 64.1 cm³/mol. The molecule has 0 saturated heterocycles. The molecule has 1 fully saturated rings. The first-order valence-electron chi connectivity index (χ1n) is 5.05. The Morgan fingerprint density at radius 2 is 2.47 bits per heavy atom. The van der Waals surface area contributed by atoms with Crippen molar-refractivity contribution in [2.24, 2.45) is 17.8 Å². The van der Waals surface area contributed by atoms with Crippen molar-refractivity contribution in [1.82, 2.24) is 0 Å². The third-order valence-corrected chi connectivity index (χ3v) is 4.69. The van der Waals surface area contributed by atoms with E-state index in [2.05, 4.69) is 28.9 Å². The maximum Gasteiger partial charge on any atom is 0.306 e. The molecule has 0 amide bonds. The topological polar surface area (TPSA) is 37.3 Å². The van der Waals surface area contributed by atoms with E-state index >= 15 is 0 Å². The Bertz CT molecular complexity index is 374. The van der Waals surface area contributed by atoms with Crippen molar-refractivity contribution < 1.29 is 9.90 Å². The standard InChI is InChI=1S/C11H13BrO2S/c1-6(8-5-9(8)11(13)14)4-7-2-3-10(12)15-7/h2-3,6,8-9H,4-5H2,1H3,(H,13,14). The Labute approximate surface area is 101 Å². The fraction of sp³-hybridized carbons (Fsp3) is 0.545. The zero-order chi connectivity index (χ0) is 11.0. The van der Waals surface area contributed by atoms with Gasteiger partial charge in [0.25, 0.3) is 0 Å². The van der Waals surface area contributed by atoms with Crippen LogP contribution >= 0.6 is 27.3 Å². The quantitative estimate of drug-likeness (QED) is 0.922. The minimum atomic E-state index is -0.626. The molecule has 4 heteroatoms. The molecule has 0 radical (unpaired) electrons. The second-order valence-electron chi connectivity index (χ2n) is 4.23. The number of carboxylic acids is 1. The molecule has 0 aromatic carbocycles. The first kappa shape index (κ1) is 11.1. The molecule has 1 aromatic rings. The van der Waals surface area contributed by atoms with Crippen LogP contribution in [0.25, 0.3) is 0 Å². The van der Waals surface area contributed by atoms with Crippen LogP contribution in [0.2, 0.25) is 0 Å². The monoisotopic (exact) mass is 288 g/mol. The van der Waals surface area contributed by atoms with Gasteiger partial charge in [-0.25, -0.2) is 0 Å². The van der Waals surface area contributed by atoms with Gasteiger partial charge in [-0.3, -0.25) is 4.79 Å². The van der Waals surface area contributed by atoms with Crippen LogP contribution in [0, 0.1) is 17.8 Å². The molecule has 3 unspecified atom stereocenters. The van der Waals surface area contributed by atoms with Crippen LogP contribution in [0.5, 0.6) is 0 Å². The van der Waals surface area contributed by atoms with Crippen molar-refractivity contribution in [2.45, 2.75) is 19.8 Å². The summed E-state index contributed by atoms with van der Waals surface area (Å²) in [6.07, 6.45) is 1.87. The summed E-state index contributed by atoms with van der Waals surface area (Å²) in [5.74, 6) is 0.169. The minimum absolute atomic E-state index is 0.0802. The fourth-order valence-corrected chi connectivity index (χ4v) is 3.68. The van der Waals surface area contributed by atoms with Gasteiger partial charge >= 0.3 is 5.97 Å². The van der Waals surface area contributed by atoms with Crippen LogP contribution in [0.15, 0.2) is 15.9 Å². The molecule has 0 bridgehead atoms. The molecule has 82 valence electrons. The Balaban J connectivity index is 1.89. The first-order valence-corrected chi connectivity index (χ1v) is 6.66. The van der Waals surface area contributed by atoms with Gasteiger partial charge in [0, 0.05) is 4.88 Å². The lowest BCUT2D eigenvalue weighted by molar-refractivity contribution is -0.139. The second-order valence-corrected chi connectivity index (χ2v) is 6.78. The van der Waals surface area contributed by atoms with E-state index in [1.54, 1.807) is 11.3 Å². The summed E-state index contributed by atoms with van der Waals surface area (Å²) < 4.78 is 1.15. The predicted octanol–water partition coefficient (Wildman–Crippen LogP) is 3.41. The zero-order valence-electron chi connectivity index (χ0n) is 8.44. The normalized spacial score (nSPS) is 26.3. The van der Waals surface area contributed by atoms with Crippen molar-refractivity contribution in [3.8, 4) is 0 Å². The highest BCUT2D eigenvalue weighted by atomic mass is 79.9. The van der Waals surface area contributed by atoms with Gasteiger partial charge in [-0.2, -0.15) is 0 Å². The van der Waals surface area contributed by atoms with Gasteiger partial charge in [0.2, 0.25) is 0 Å². The lowest BCUT2D eigenvalue weighted by atomic mass is 10.00. The van der Waals surface area contributed by atoms with E-state index < -0.39 is 5.97 Å². The van der Waals surface area contributed by atoms with Crippen molar-refractivity contribution >= 4 is 33.2 Å². The Morgan fingerprint density at radius 3 is 2.93 bits per heavy atom. The van der Waals surface area contributed by atoms with E-state index in [-0.39, 0.29) is 5.92 Å². The van der Waals surface area contributed by atoms with Crippen LogP contribution in [-0.4, -0.2) is 11.1 Å². The van der Waals surface area contributed by atoms with E-state index in [0.29, 0.717) is 11.8 Å². The molecule has 2 rings (SSSR count). The van der Waals surface area contributed by atoms with Crippen molar-refractivity contribution in [3.05, 3.63) is 20.8 Å². The summed E-state index contributed by atoms with van der Waals surface area (Å²) in [5.41, 5.74) is 0. The molecule has 0 aliphatic heterocycles. The molecule has 1 aliphatic carbocycles. The number of halogens is 1.